The zero-order valence-corrected chi connectivity index (χ0v) is 21.2. The molecule has 1 fully saturated rings. The summed E-state index contributed by atoms with van der Waals surface area (Å²) in [7, 11) is -4.32. The average molecular weight is 565 g/mol. The van der Waals surface area contributed by atoms with Gasteiger partial charge in [0, 0.05) is 30.8 Å². The van der Waals surface area contributed by atoms with E-state index in [2.05, 4.69) is 9.97 Å². The molecule has 204 valence electrons. The Morgan fingerprint density at radius 2 is 1.74 bits per heavy atom. The lowest BCUT2D eigenvalue weighted by atomic mass is 9.96. The molecule has 3 atom stereocenters. The van der Waals surface area contributed by atoms with Gasteiger partial charge in [-0.1, -0.05) is 6.07 Å². The van der Waals surface area contributed by atoms with Gasteiger partial charge < -0.3 is 0 Å². The number of nitriles is 1. The number of halogens is 5. The van der Waals surface area contributed by atoms with Gasteiger partial charge in [-0.15, -0.1) is 0 Å². The van der Waals surface area contributed by atoms with Gasteiger partial charge in [0.25, 0.3) is 0 Å². The second-order valence-electron chi connectivity index (χ2n) is 9.04. The summed E-state index contributed by atoms with van der Waals surface area (Å²) in [6.45, 7) is 1.35. The van der Waals surface area contributed by atoms with E-state index >= 15 is 0 Å². The number of hydrogen-bond donors (Lipinski definition) is 0. The summed E-state index contributed by atoms with van der Waals surface area (Å²) in [4.78, 5) is 19.6. The Balaban J connectivity index is 1.56. The van der Waals surface area contributed by atoms with E-state index in [1.54, 1.807) is 0 Å². The summed E-state index contributed by atoms with van der Waals surface area (Å²) in [5.41, 5.74) is 1.25. The monoisotopic (exact) mass is 564 g/mol. The largest absolute Gasteiger partial charge is 0.451 e. The molecule has 3 aromatic rings. The van der Waals surface area contributed by atoms with Gasteiger partial charge >= 0.3 is 6.18 Å². The summed E-state index contributed by atoms with van der Waals surface area (Å²) in [5, 5.41) is 9.50. The van der Waals surface area contributed by atoms with Crippen molar-refractivity contribution in [3.63, 3.8) is 0 Å². The van der Waals surface area contributed by atoms with Crippen molar-refractivity contribution in [2.45, 2.75) is 55.5 Å². The van der Waals surface area contributed by atoms with Crippen molar-refractivity contribution in [1.82, 2.24) is 14.3 Å². The lowest BCUT2D eigenvalue weighted by molar-refractivity contribution is -0.145. The van der Waals surface area contributed by atoms with E-state index in [0.29, 0.717) is 11.1 Å². The maximum absolute atomic E-state index is 14.7. The molecular formula is C26H21F5N4O3S. The SMILES string of the molecule is C[C@H]1[C@H](F)C[C@@H](C(=O)CCc2cc(-c3cnc(C(F)(F)F)nc3)ccc2C#N)N1S(=O)(=O)c1ccc(F)cc1. The fraction of sp³-hybridized carbons (Fsp3) is 0.308. The van der Waals surface area contributed by atoms with Crippen molar-refractivity contribution >= 4 is 15.8 Å². The number of carbonyl (C=O) groups is 1. The summed E-state index contributed by atoms with van der Waals surface area (Å²) in [6, 6.07) is 7.99. The van der Waals surface area contributed by atoms with Crippen LogP contribution < -0.4 is 0 Å². The smallest absolute Gasteiger partial charge is 0.298 e. The lowest BCUT2D eigenvalue weighted by Gasteiger charge is -2.26. The predicted molar refractivity (Wildman–Crippen MR) is 129 cm³/mol. The van der Waals surface area contributed by atoms with Crippen molar-refractivity contribution in [3.05, 3.63) is 77.6 Å². The number of Topliss-reactive ketones (excluding diaryl/α,β-unsaturated/α-hetero) is 1. The third kappa shape index (κ3) is 5.81. The Bertz CT molecular complexity index is 1520. The molecule has 0 aliphatic carbocycles. The standard InChI is InChI=1S/C26H21F5N4O3S/c1-15-22(28)11-23(35(15)39(37,38)21-7-5-20(27)6-8-21)24(36)9-4-16-10-17(2-3-18(16)12-32)19-13-33-25(34-14-19)26(29,30)31/h2-3,5-8,10,13-15,22-23H,4,9,11H2,1H3/t15-,22+,23-/m0/s1. The summed E-state index contributed by atoms with van der Waals surface area (Å²) in [5.74, 6) is -2.53. The highest BCUT2D eigenvalue weighted by atomic mass is 32.2. The Kier molecular flexibility index (Phi) is 7.81. The van der Waals surface area contributed by atoms with E-state index in [-0.39, 0.29) is 35.3 Å². The molecule has 0 radical (unpaired) electrons. The van der Waals surface area contributed by atoms with Crippen molar-refractivity contribution in [3.8, 4) is 17.2 Å². The highest BCUT2D eigenvalue weighted by Crippen LogP contribution is 2.34. The van der Waals surface area contributed by atoms with E-state index in [4.69, 9.17) is 0 Å². The molecule has 39 heavy (non-hydrogen) atoms. The number of hydrogen-bond acceptors (Lipinski definition) is 6. The molecule has 0 unspecified atom stereocenters. The molecule has 2 heterocycles. The van der Waals surface area contributed by atoms with E-state index in [1.165, 1.54) is 25.1 Å². The predicted octanol–water partition coefficient (Wildman–Crippen LogP) is 4.86. The molecule has 2 aromatic carbocycles. The van der Waals surface area contributed by atoms with Gasteiger partial charge in [-0.05, 0) is 60.9 Å². The number of benzene rings is 2. The molecule has 1 aliphatic rings. The number of carbonyl (C=O) groups excluding carboxylic acids is 1. The first kappa shape index (κ1) is 28.3. The maximum Gasteiger partial charge on any atom is 0.451 e. The minimum atomic E-state index is -4.71. The number of aromatic nitrogens is 2. The van der Waals surface area contributed by atoms with Gasteiger partial charge in [0.2, 0.25) is 15.8 Å². The van der Waals surface area contributed by atoms with Crippen LogP contribution in [0.4, 0.5) is 22.0 Å². The van der Waals surface area contributed by atoms with Crippen LogP contribution in [0.5, 0.6) is 0 Å². The third-order valence-electron chi connectivity index (χ3n) is 6.55. The second-order valence-corrected chi connectivity index (χ2v) is 10.9. The number of aryl methyl sites for hydroxylation is 1. The van der Waals surface area contributed by atoms with Crippen LogP contribution in [0.25, 0.3) is 11.1 Å². The minimum Gasteiger partial charge on any atom is -0.298 e. The minimum absolute atomic E-state index is 0.0106. The van der Waals surface area contributed by atoms with Crippen LogP contribution in [0.1, 0.15) is 36.7 Å². The number of alkyl halides is 4. The molecule has 4 rings (SSSR count). The van der Waals surface area contributed by atoms with Crippen molar-refractivity contribution < 1.29 is 35.2 Å². The number of sulfonamides is 1. The van der Waals surface area contributed by atoms with Crippen molar-refractivity contribution in [1.29, 1.82) is 5.26 Å². The highest BCUT2D eigenvalue weighted by Gasteiger charge is 2.48. The fourth-order valence-corrected chi connectivity index (χ4v) is 6.31. The molecule has 0 bridgehead atoms. The molecule has 0 amide bonds. The summed E-state index contributed by atoms with van der Waals surface area (Å²) in [6.07, 6.45) is -4.92. The number of nitrogens with zero attached hydrogens (tertiary/aromatic N) is 4. The third-order valence-corrected chi connectivity index (χ3v) is 8.56. The van der Waals surface area contributed by atoms with Gasteiger partial charge in [-0.3, -0.25) is 4.79 Å². The van der Waals surface area contributed by atoms with Gasteiger partial charge in [-0.25, -0.2) is 27.2 Å². The van der Waals surface area contributed by atoms with Gasteiger partial charge in [0.15, 0.2) is 5.78 Å². The van der Waals surface area contributed by atoms with Crippen molar-refractivity contribution in [2.75, 3.05) is 0 Å². The van der Waals surface area contributed by atoms with Crippen molar-refractivity contribution in [2.24, 2.45) is 0 Å². The van der Waals surface area contributed by atoms with Crippen LogP contribution in [0, 0.1) is 17.1 Å². The normalized spacial score (nSPS) is 20.1. The lowest BCUT2D eigenvalue weighted by Crippen LogP contribution is -2.44. The highest BCUT2D eigenvalue weighted by molar-refractivity contribution is 7.89. The van der Waals surface area contributed by atoms with Gasteiger partial charge in [0.1, 0.15) is 12.0 Å². The number of ketones is 1. The van der Waals surface area contributed by atoms with Gasteiger partial charge in [-0.2, -0.15) is 22.7 Å². The quantitative estimate of drug-likeness (QED) is 0.380. The van der Waals surface area contributed by atoms with Gasteiger partial charge in [0.05, 0.1) is 28.6 Å². The molecule has 1 saturated heterocycles. The first-order valence-corrected chi connectivity index (χ1v) is 13.2. The Morgan fingerprint density at radius 3 is 2.33 bits per heavy atom. The molecule has 7 nitrogen and oxygen atoms in total. The van der Waals surface area contributed by atoms with E-state index in [1.807, 2.05) is 6.07 Å². The molecule has 0 saturated carbocycles. The number of rotatable bonds is 7. The topological polar surface area (TPSA) is 104 Å². The summed E-state index contributed by atoms with van der Waals surface area (Å²) < 4.78 is 93.6. The first-order chi connectivity index (χ1) is 18.3. The second kappa shape index (κ2) is 10.8. The van der Waals surface area contributed by atoms with Crippen LogP contribution >= 0.6 is 0 Å². The molecule has 13 heteroatoms. The van der Waals surface area contributed by atoms with Crippen LogP contribution in [0.2, 0.25) is 0 Å². The first-order valence-electron chi connectivity index (χ1n) is 11.7. The molecule has 0 N–H and O–H groups in total. The zero-order valence-electron chi connectivity index (χ0n) is 20.4. The summed E-state index contributed by atoms with van der Waals surface area (Å²) >= 11 is 0. The molecular weight excluding hydrogens is 543 g/mol. The average Bonchev–Trinajstić information content (AvgIpc) is 3.21. The Morgan fingerprint density at radius 1 is 1.10 bits per heavy atom. The molecule has 1 aromatic heterocycles. The van der Waals surface area contributed by atoms with E-state index in [0.717, 1.165) is 41.0 Å². The Labute approximate surface area is 221 Å². The molecule has 0 spiro atoms. The molecule has 1 aliphatic heterocycles. The van der Waals surface area contributed by atoms with Crippen LogP contribution in [0.3, 0.4) is 0 Å². The van der Waals surface area contributed by atoms with E-state index in [9.17, 15) is 40.4 Å². The fourth-order valence-electron chi connectivity index (χ4n) is 4.48. The zero-order chi connectivity index (χ0) is 28.5. The van der Waals surface area contributed by atoms with Crippen LogP contribution in [-0.4, -0.2) is 46.7 Å². The maximum atomic E-state index is 14.7. The van der Waals surface area contributed by atoms with Crippen LogP contribution in [0.15, 0.2) is 59.8 Å². The Hall–Kier alpha value is -3.76. The van der Waals surface area contributed by atoms with E-state index < -0.39 is 51.9 Å². The van der Waals surface area contributed by atoms with Crippen LogP contribution in [-0.2, 0) is 27.4 Å².